The molecule has 1 aromatic carbocycles. The average molecular weight is 316 g/mol. The number of nitrogens with two attached hydrogens (primary N) is 1. The van der Waals surface area contributed by atoms with E-state index in [1.807, 2.05) is 37.3 Å². The quantitative estimate of drug-likeness (QED) is 0.909. The molecule has 1 amide bonds. The summed E-state index contributed by atoms with van der Waals surface area (Å²) >= 11 is 0. The number of halogens is 2. The van der Waals surface area contributed by atoms with Crippen LogP contribution >= 0.6 is 24.8 Å². The summed E-state index contributed by atoms with van der Waals surface area (Å²) in [4.78, 5) is 16.0. The predicted octanol–water partition coefficient (Wildman–Crippen LogP) is 2.29. The van der Waals surface area contributed by atoms with Gasteiger partial charge in [-0.15, -0.1) is 24.8 Å². The third kappa shape index (κ3) is 4.34. The number of nitrogens with zero attached hydrogens (tertiary/aromatic N) is 1. The molecule has 1 aromatic heterocycles. The van der Waals surface area contributed by atoms with Crippen molar-refractivity contribution in [3.63, 3.8) is 0 Å². The Morgan fingerprint density at radius 2 is 2.00 bits per heavy atom. The Labute approximate surface area is 131 Å². The Kier molecular flexibility index (Phi) is 8.15. The Bertz CT molecular complexity index is 558. The summed E-state index contributed by atoms with van der Waals surface area (Å²) in [5.41, 5.74) is 6.34. The van der Waals surface area contributed by atoms with Crippen LogP contribution in [-0.2, 0) is 11.3 Å². The molecule has 4 nitrogen and oxygen atoms in total. The Morgan fingerprint density at radius 3 is 2.70 bits per heavy atom. The zero-order valence-corrected chi connectivity index (χ0v) is 12.8. The normalized spacial score (nSPS) is 11.1. The Hall–Kier alpha value is -1.36. The zero-order valence-electron chi connectivity index (χ0n) is 11.2. The summed E-state index contributed by atoms with van der Waals surface area (Å²) in [5, 5.41) is 5.06. The van der Waals surface area contributed by atoms with Gasteiger partial charge in [0.15, 0.2) is 0 Å². The van der Waals surface area contributed by atoms with Crippen LogP contribution in [0.1, 0.15) is 12.6 Å². The van der Waals surface area contributed by atoms with Gasteiger partial charge < -0.3 is 11.1 Å². The van der Waals surface area contributed by atoms with Gasteiger partial charge in [-0.25, -0.2) is 0 Å². The molecule has 6 heteroatoms. The fraction of sp³-hybridized carbons (Fsp3) is 0.286. The molecule has 0 aliphatic rings. The summed E-state index contributed by atoms with van der Waals surface area (Å²) in [6, 6.07) is 9.96. The van der Waals surface area contributed by atoms with Crippen LogP contribution in [0.3, 0.4) is 0 Å². The molecular formula is C14H19Cl2N3O. The van der Waals surface area contributed by atoms with Gasteiger partial charge in [-0.05, 0) is 11.5 Å². The van der Waals surface area contributed by atoms with E-state index in [0.717, 1.165) is 16.5 Å². The lowest BCUT2D eigenvalue weighted by Crippen LogP contribution is -2.33. The smallest absolute Gasteiger partial charge is 0.224 e. The Balaban J connectivity index is 0.00000180. The number of amides is 1. The van der Waals surface area contributed by atoms with E-state index < -0.39 is 0 Å². The van der Waals surface area contributed by atoms with Gasteiger partial charge in [0.05, 0.1) is 12.2 Å². The first-order valence-electron chi connectivity index (χ1n) is 6.02. The zero-order chi connectivity index (χ0) is 13.0. The minimum absolute atomic E-state index is 0. The average Bonchev–Trinajstić information content (AvgIpc) is 2.43. The number of hydrogen-bond acceptors (Lipinski definition) is 3. The molecule has 3 N–H and O–H groups in total. The van der Waals surface area contributed by atoms with Gasteiger partial charge in [-0.1, -0.05) is 31.2 Å². The summed E-state index contributed by atoms with van der Waals surface area (Å²) in [5.74, 6) is -0.202. The summed E-state index contributed by atoms with van der Waals surface area (Å²) in [6.45, 7) is 2.60. The first kappa shape index (κ1) is 18.6. The SMILES string of the molecule is CC(CN)C(=O)NCc1nccc2ccccc12.Cl.Cl. The molecule has 2 rings (SSSR count). The van der Waals surface area contributed by atoms with Crippen LogP contribution in [0.2, 0.25) is 0 Å². The highest BCUT2D eigenvalue weighted by atomic mass is 35.5. The third-order valence-electron chi connectivity index (χ3n) is 2.99. The molecule has 0 aliphatic carbocycles. The van der Waals surface area contributed by atoms with Crippen LogP contribution in [0.15, 0.2) is 36.5 Å². The number of hydrogen-bond donors (Lipinski definition) is 2. The Morgan fingerprint density at radius 1 is 1.30 bits per heavy atom. The van der Waals surface area contributed by atoms with E-state index in [1.54, 1.807) is 6.20 Å². The van der Waals surface area contributed by atoms with Crippen LogP contribution in [0.25, 0.3) is 10.8 Å². The van der Waals surface area contributed by atoms with E-state index in [0.29, 0.717) is 13.1 Å². The van der Waals surface area contributed by atoms with Crippen LogP contribution in [0.5, 0.6) is 0 Å². The van der Waals surface area contributed by atoms with Crippen molar-refractivity contribution in [2.45, 2.75) is 13.5 Å². The second-order valence-electron chi connectivity index (χ2n) is 4.33. The lowest BCUT2D eigenvalue weighted by atomic mass is 10.1. The number of aromatic nitrogens is 1. The molecule has 2 aromatic rings. The fourth-order valence-corrected chi connectivity index (χ4v) is 1.78. The second kappa shape index (κ2) is 8.74. The highest BCUT2D eigenvalue weighted by Gasteiger charge is 2.11. The maximum atomic E-state index is 11.7. The number of rotatable bonds is 4. The molecule has 1 heterocycles. The van der Waals surface area contributed by atoms with Gasteiger partial charge in [-0.3, -0.25) is 9.78 Å². The number of carbonyl (C=O) groups is 1. The molecule has 0 radical (unpaired) electrons. The standard InChI is InChI=1S/C14H17N3O.2ClH/c1-10(8-15)14(18)17-9-13-12-5-3-2-4-11(12)6-7-16-13;;/h2-7,10H,8-9,15H2,1H3,(H,17,18);2*1H. The molecule has 0 spiro atoms. The van der Waals surface area contributed by atoms with Crippen LogP contribution in [0.4, 0.5) is 0 Å². The fourth-order valence-electron chi connectivity index (χ4n) is 1.78. The van der Waals surface area contributed by atoms with Crippen molar-refractivity contribution < 1.29 is 4.79 Å². The number of benzene rings is 1. The van der Waals surface area contributed by atoms with E-state index in [9.17, 15) is 4.79 Å². The van der Waals surface area contributed by atoms with E-state index in [2.05, 4.69) is 10.3 Å². The highest BCUT2D eigenvalue weighted by molar-refractivity contribution is 5.86. The van der Waals surface area contributed by atoms with Crippen LogP contribution < -0.4 is 11.1 Å². The number of carbonyl (C=O) groups excluding carboxylic acids is 1. The van der Waals surface area contributed by atoms with Crippen molar-refractivity contribution in [3.05, 3.63) is 42.2 Å². The van der Waals surface area contributed by atoms with Gasteiger partial charge in [0.1, 0.15) is 0 Å². The molecular weight excluding hydrogens is 297 g/mol. The van der Waals surface area contributed by atoms with Crippen molar-refractivity contribution in [2.75, 3.05) is 6.54 Å². The molecule has 110 valence electrons. The summed E-state index contributed by atoms with van der Waals surface area (Å²) < 4.78 is 0. The van der Waals surface area contributed by atoms with E-state index in [-0.39, 0.29) is 36.6 Å². The lowest BCUT2D eigenvalue weighted by molar-refractivity contribution is -0.124. The molecule has 0 fully saturated rings. The van der Waals surface area contributed by atoms with Crippen molar-refractivity contribution in [1.82, 2.24) is 10.3 Å². The first-order valence-corrected chi connectivity index (χ1v) is 6.02. The molecule has 1 unspecified atom stereocenters. The van der Waals surface area contributed by atoms with Crippen LogP contribution in [0, 0.1) is 5.92 Å². The second-order valence-corrected chi connectivity index (χ2v) is 4.33. The van der Waals surface area contributed by atoms with E-state index in [1.165, 1.54) is 0 Å². The molecule has 0 saturated heterocycles. The third-order valence-corrected chi connectivity index (χ3v) is 2.99. The van der Waals surface area contributed by atoms with Crippen LogP contribution in [-0.4, -0.2) is 17.4 Å². The molecule has 0 saturated carbocycles. The van der Waals surface area contributed by atoms with E-state index in [4.69, 9.17) is 5.73 Å². The molecule has 20 heavy (non-hydrogen) atoms. The topological polar surface area (TPSA) is 68.0 Å². The van der Waals surface area contributed by atoms with Gasteiger partial charge in [0.25, 0.3) is 0 Å². The maximum Gasteiger partial charge on any atom is 0.224 e. The highest BCUT2D eigenvalue weighted by Crippen LogP contribution is 2.15. The minimum Gasteiger partial charge on any atom is -0.350 e. The number of pyridine rings is 1. The number of nitrogens with one attached hydrogen (secondary N) is 1. The number of fused-ring (bicyclic) bond motifs is 1. The molecule has 0 aliphatic heterocycles. The van der Waals surface area contributed by atoms with Crippen molar-refractivity contribution in [1.29, 1.82) is 0 Å². The van der Waals surface area contributed by atoms with Gasteiger partial charge in [0, 0.05) is 24.0 Å². The summed E-state index contributed by atoms with van der Waals surface area (Å²) in [6.07, 6.45) is 1.76. The molecule has 1 atom stereocenters. The van der Waals surface area contributed by atoms with Crippen molar-refractivity contribution in [2.24, 2.45) is 11.7 Å². The van der Waals surface area contributed by atoms with Gasteiger partial charge in [0.2, 0.25) is 5.91 Å². The van der Waals surface area contributed by atoms with Gasteiger partial charge >= 0.3 is 0 Å². The molecule has 0 bridgehead atoms. The predicted molar refractivity (Wildman–Crippen MR) is 86.3 cm³/mol. The monoisotopic (exact) mass is 315 g/mol. The van der Waals surface area contributed by atoms with Gasteiger partial charge in [-0.2, -0.15) is 0 Å². The minimum atomic E-state index is -0.167. The maximum absolute atomic E-state index is 11.7. The first-order chi connectivity index (χ1) is 8.72. The lowest BCUT2D eigenvalue weighted by Gasteiger charge is -2.10. The van der Waals surface area contributed by atoms with Crippen molar-refractivity contribution in [3.8, 4) is 0 Å². The largest absolute Gasteiger partial charge is 0.350 e. The van der Waals surface area contributed by atoms with E-state index >= 15 is 0 Å². The summed E-state index contributed by atoms with van der Waals surface area (Å²) in [7, 11) is 0. The van der Waals surface area contributed by atoms with Crippen molar-refractivity contribution >= 4 is 41.5 Å².